The van der Waals surface area contributed by atoms with Gasteiger partial charge in [0.2, 0.25) is 5.91 Å². The molecule has 0 spiro atoms. The molecule has 0 atom stereocenters. The lowest BCUT2D eigenvalue weighted by molar-refractivity contribution is 0.100. The lowest BCUT2D eigenvalue weighted by Gasteiger charge is -2.05. The van der Waals surface area contributed by atoms with Crippen molar-refractivity contribution >= 4 is 17.6 Å². The Bertz CT molecular complexity index is 771. The topological polar surface area (TPSA) is 84.2 Å². The zero-order valence-corrected chi connectivity index (χ0v) is 12.7. The van der Waals surface area contributed by atoms with Crippen LogP contribution in [0.2, 0.25) is 0 Å². The number of nitrogens with one attached hydrogen (secondary N) is 2. The van der Waals surface area contributed by atoms with Crippen molar-refractivity contribution in [1.82, 2.24) is 5.32 Å². The van der Waals surface area contributed by atoms with Crippen LogP contribution in [-0.2, 0) is 0 Å². The fourth-order valence-corrected chi connectivity index (χ4v) is 1.89. The first-order valence-electron chi connectivity index (χ1n) is 7.05. The number of amides is 3. The van der Waals surface area contributed by atoms with E-state index < -0.39 is 5.91 Å². The molecule has 116 valence electrons. The van der Waals surface area contributed by atoms with Gasteiger partial charge in [0.1, 0.15) is 0 Å². The van der Waals surface area contributed by atoms with Crippen molar-refractivity contribution < 1.29 is 9.59 Å². The Morgan fingerprint density at radius 2 is 1.87 bits per heavy atom. The first-order valence-corrected chi connectivity index (χ1v) is 7.05. The Balaban J connectivity index is 1.83. The minimum absolute atomic E-state index is 0.217. The van der Waals surface area contributed by atoms with Crippen LogP contribution in [0.5, 0.6) is 0 Å². The van der Waals surface area contributed by atoms with E-state index in [4.69, 9.17) is 5.73 Å². The van der Waals surface area contributed by atoms with Gasteiger partial charge in [0, 0.05) is 16.8 Å². The standard InChI is InChI=1S/C18H17N3O2/c1-13-4-2-6-16(12-13)21-18(23)20-11-3-5-14-7-9-15(10-8-14)17(19)22/h2,4,6-10,12H,11H2,1H3,(H2,19,22)(H2,20,21,23). The summed E-state index contributed by atoms with van der Waals surface area (Å²) in [6.07, 6.45) is 0. The fraction of sp³-hybridized carbons (Fsp3) is 0.111. The molecule has 23 heavy (non-hydrogen) atoms. The van der Waals surface area contributed by atoms with Crippen molar-refractivity contribution in [1.29, 1.82) is 0 Å². The van der Waals surface area contributed by atoms with Gasteiger partial charge in [-0.2, -0.15) is 0 Å². The van der Waals surface area contributed by atoms with Crippen LogP contribution in [0.3, 0.4) is 0 Å². The van der Waals surface area contributed by atoms with Crippen LogP contribution in [0.25, 0.3) is 0 Å². The Kier molecular flexibility index (Phi) is 5.37. The third kappa shape index (κ3) is 5.21. The van der Waals surface area contributed by atoms with Crippen LogP contribution in [0.4, 0.5) is 10.5 Å². The first-order chi connectivity index (χ1) is 11.0. The van der Waals surface area contributed by atoms with Gasteiger partial charge in [0.05, 0.1) is 6.54 Å². The fourth-order valence-electron chi connectivity index (χ4n) is 1.89. The molecule has 2 aromatic rings. The van der Waals surface area contributed by atoms with Crippen molar-refractivity contribution in [2.45, 2.75) is 6.92 Å². The molecule has 0 unspecified atom stereocenters. The summed E-state index contributed by atoms with van der Waals surface area (Å²) in [5.41, 5.74) is 8.15. The minimum atomic E-state index is -0.473. The smallest absolute Gasteiger partial charge is 0.319 e. The molecule has 0 bridgehead atoms. The molecular formula is C18H17N3O2. The largest absolute Gasteiger partial charge is 0.366 e. The molecule has 2 rings (SSSR count). The van der Waals surface area contributed by atoms with Crippen molar-refractivity contribution in [3.8, 4) is 11.8 Å². The number of carbonyl (C=O) groups is 2. The van der Waals surface area contributed by atoms with Gasteiger partial charge in [-0.3, -0.25) is 4.79 Å². The lowest BCUT2D eigenvalue weighted by atomic mass is 10.1. The molecule has 0 aliphatic heterocycles. The second kappa shape index (κ2) is 7.66. The van der Waals surface area contributed by atoms with Crippen LogP contribution in [0, 0.1) is 18.8 Å². The van der Waals surface area contributed by atoms with Crippen molar-refractivity contribution in [2.75, 3.05) is 11.9 Å². The van der Waals surface area contributed by atoms with Crippen molar-refractivity contribution in [3.63, 3.8) is 0 Å². The maximum Gasteiger partial charge on any atom is 0.319 e. The molecule has 0 radical (unpaired) electrons. The zero-order chi connectivity index (χ0) is 16.7. The molecule has 0 aliphatic carbocycles. The molecule has 0 saturated heterocycles. The van der Waals surface area contributed by atoms with E-state index in [1.807, 2.05) is 31.2 Å². The molecule has 2 aromatic carbocycles. The molecule has 4 N–H and O–H groups in total. The van der Waals surface area contributed by atoms with E-state index in [0.717, 1.165) is 16.8 Å². The summed E-state index contributed by atoms with van der Waals surface area (Å²) >= 11 is 0. The summed E-state index contributed by atoms with van der Waals surface area (Å²) in [7, 11) is 0. The molecule has 0 aromatic heterocycles. The minimum Gasteiger partial charge on any atom is -0.366 e. The van der Waals surface area contributed by atoms with Gasteiger partial charge in [0.15, 0.2) is 0 Å². The van der Waals surface area contributed by atoms with Gasteiger partial charge in [0.25, 0.3) is 0 Å². The number of benzene rings is 2. The van der Waals surface area contributed by atoms with E-state index in [1.165, 1.54) is 0 Å². The number of rotatable bonds is 3. The molecule has 0 saturated carbocycles. The maximum atomic E-state index is 11.7. The Labute approximate surface area is 134 Å². The second-order valence-corrected chi connectivity index (χ2v) is 4.92. The number of nitrogens with two attached hydrogens (primary N) is 1. The average Bonchev–Trinajstić information content (AvgIpc) is 2.52. The van der Waals surface area contributed by atoms with Crippen LogP contribution >= 0.6 is 0 Å². The van der Waals surface area contributed by atoms with Gasteiger partial charge in [-0.15, -0.1) is 0 Å². The third-order valence-corrected chi connectivity index (χ3v) is 3.02. The van der Waals surface area contributed by atoms with E-state index in [2.05, 4.69) is 22.5 Å². The van der Waals surface area contributed by atoms with E-state index in [0.29, 0.717) is 5.56 Å². The third-order valence-electron chi connectivity index (χ3n) is 3.02. The van der Waals surface area contributed by atoms with Crippen LogP contribution < -0.4 is 16.4 Å². The SMILES string of the molecule is Cc1cccc(NC(=O)NCC#Cc2ccc(C(N)=O)cc2)c1. The van der Waals surface area contributed by atoms with Gasteiger partial charge in [-0.25, -0.2) is 4.79 Å². The Hall–Kier alpha value is -3.26. The predicted octanol–water partition coefficient (Wildman–Crippen LogP) is 2.27. The molecule has 0 aliphatic rings. The summed E-state index contributed by atoms with van der Waals surface area (Å²) in [4.78, 5) is 22.7. The highest BCUT2D eigenvalue weighted by molar-refractivity contribution is 5.92. The molecule has 0 heterocycles. The first kappa shape index (κ1) is 16.1. The number of urea groups is 1. The number of primary amides is 1. The normalized spacial score (nSPS) is 9.43. The Morgan fingerprint density at radius 1 is 1.13 bits per heavy atom. The van der Waals surface area contributed by atoms with Crippen LogP contribution in [-0.4, -0.2) is 18.5 Å². The van der Waals surface area contributed by atoms with Gasteiger partial charge < -0.3 is 16.4 Å². The highest BCUT2D eigenvalue weighted by atomic mass is 16.2. The van der Waals surface area contributed by atoms with E-state index >= 15 is 0 Å². The van der Waals surface area contributed by atoms with E-state index in [9.17, 15) is 9.59 Å². The molecule has 3 amide bonds. The Morgan fingerprint density at radius 3 is 2.52 bits per heavy atom. The summed E-state index contributed by atoms with van der Waals surface area (Å²) in [5, 5.41) is 5.38. The van der Waals surface area contributed by atoms with Crippen molar-refractivity contribution in [2.24, 2.45) is 5.73 Å². The quantitative estimate of drug-likeness (QED) is 0.760. The molecule has 5 heteroatoms. The maximum absolute atomic E-state index is 11.7. The summed E-state index contributed by atoms with van der Waals surface area (Å²) < 4.78 is 0. The summed E-state index contributed by atoms with van der Waals surface area (Å²) in [6, 6.07) is 13.9. The van der Waals surface area contributed by atoms with E-state index in [-0.39, 0.29) is 12.6 Å². The average molecular weight is 307 g/mol. The summed E-state index contributed by atoms with van der Waals surface area (Å²) in [6.45, 7) is 2.17. The number of carbonyl (C=O) groups excluding carboxylic acids is 2. The van der Waals surface area contributed by atoms with Crippen LogP contribution in [0.15, 0.2) is 48.5 Å². The predicted molar refractivity (Wildman–Crippen MR) is 90.0 cm³/mol. The van der Waals surface area contributed by atoms with Crippen LogP contribution in [0.1, 0.15) is 21.5 Å². The molecule has 0 fully saturated rings. The van der Waals surface area contributed by atoms with Crippen molar-refractivity contribution in [3.05, 3.63) is 65.2 Å². The molecular weight excluding hydrogens is 290 g/mol. The van der Waals surface area contributed by atoms with Gasteiger partial charge in [-0.1, -0.05) is 24.0 Å². The van der Waals surface area contributed by atoms with Gasteiger partial charge in [-0.05, 0) is 48.9 Å². The number of hydrogen-bond acceptors (Lipinski definition) is 2. The monoisotopic (exact) mass is 307 g/mol. The summed E-state index contributed by atoms with van der Waals surface area (Å²) in [5.74, 6) is 5.26. The molecule has 5 nitrogen and oxygen atoms in total. The number of anilines is 1. The zero-order valence-electron chi connectivity index (χ0n) is 12.7. The highest BCUT2D eigenvalue weighted by Gasteiger charge is 2.00. The highest BCUT2D eigenvalue weighted by Crippen LogP contribution is 2.08. The van der Waals surface area contributed by atoms with E-state index in [1.54, 1.807) is 24.3 Å². The second-order valence-electron chi connectivity index (χ2n) is 4.92. The number of hydrogen-bond donors (Lipinski definition) is 3. The lowest BCUT2D eigenvalue weighted by Crippen LogP contribution is -2.28. The van der Waals surface area contributed by atoms with Gasteiger partial charge >= 0.3 is 6.03 Å². The number of aryl methyl sites for hydroxylation is 1.